The number of aliphatic hydroxyl groups excluding tert-OH is 1. The number of aryl methyl sites for hydroxylation is 1. The van der Waals surface area contributed by atoms with E-state index in [1.807, 2.05) is 53.7 Å². The Kier molecular flexibility index (Phi) is 6.96. The molecule has 0 saturated carbocycles. The molecular weight excluding hydrogens is 304 g/mol. The lowest BCUT2D eigenvalue weighted by Gasteiger charge is -2.28. The third-order valence-corrected chi connectivity index (χ3v) is 4.09. The van der Waals surface area contributed by atoms with E-state index in [9.17, 15) is 14.7 Å². The van der Waals surface area contributed by atoms with Gasteiger partial charge in [0.2, 0.25) is 5.91 Å². The highest BCUT2D eigenvalue weighted by Crippen LogP contribution is 2.18. The number of carbonyl (C=O) groups excluding carboxylic acids is 2. The van der Waals surface area contributed by atoms with Crippen molar-refractivity contribution in [3.8, 4) is 0 Å². The fraction of sp³-hybridized carbons (Fsp3) is 0.579. The summed E-state index contributed by atoms with van der Waals surface area (Å²) in [4.78, 5) is 24.9. The average Bonchev–Trinajstić information content (AvgIpc) is 2.48. The molecule has 0 aliphatic heterocycles. The Labute approximate surface area is 144 Å². The van der Waals surface area contributed by atoms with Gasteiger partial charge in [-0.25, -0.2) is 0 Å². The normalized spacial score (nSPS) is 14.2. The SMILES string of the molecule is Cc1ccccc1C(=O)NC(C(=O)NCC(O)C(C)(C)C)C(C)C. The summed E-state index contributed by atoms with van der Waals surface area (Å²) in [7, 11) is 0. The number of rotatable bonds is 6. The van der Waals surface area contributed by atoms with Gasteiger partial charge in [0.25, 0.3) is 5.91 Å². The van der Waals surface area contributed by atoms with Gasteiger partial charge in [-0.15, -0.1) is 0 Å². The number of hydrogen-bond donors (Lipinski definition) is 3. The molecule has 0 bridgehead atoms. The first kappa shape index (κ1) is 20.2. The highest BCUT2D eigenvalue weighted by molar-refractivity contribution is 5.98. The molecule has 0 fully saturated rings. The van der Waals surface area contributed by atoms with Crippen molar-refractivity contribution in [3.05, 3.63) is 35.4 Å². The number of hydrogen-bond acceptors (Lipinski definition) is 3. The van der Waals surface area contributed by atoms with Crippen LogP contribution in [0.5, 0.6) is 0 Å². The van der Waals surface area contributed by atoms with Crippen molar-refractivity contribution in [3.63, 3.8) is 0 Å². The van der Waals surface area contributed by atoms with E-state index in [1.54, 1.807) is 12.1 Å². The Bertz CT molecular complexity index is 576. The summed E-state index contributed by atoms with van der Waals surface area (Å²) in [6.45, 7) is 11.5. The zero-order valence-corrected chi connectivity index (χ0v) is 15.5. The first-order chi connectivity index (χ1) is 11.0. The molecule has 2 amide bonds. The second-order valence-corrected chi connectivity index (χ2v) is 7.64. The van der Waals surface area contributed by atoms with Gasteiger partial charge in [-0.1, -0.05) is 52.8 Å². The van der Waals surface area contributed by atoms with Gasteiger partial charge in [0.1, 0.15) is 6.04 Å². The Hall–Kier alpha value is -1.88. The molecule has 24 heavy (non-hydrogen) atoms. The van der Waals surface area contributed by atoms with Crippen molar-refractivity contribution < 1.29 is 14.7 Å². The van der Waals surface area contributed by atoms with E-state index in [0.717, 1.165) is 5.56 Å². The molecule has 0 radical (unpaired) electrons. The van der Waals surface area contributed by atoms with Crippen molar-refractivity contribution in [2.45, 2.75) is 53.7 Å². The lowest BCUT2D eigenvalue weighted by Crippen LogP contribution is -2.52. The van der Waals surface area contributed by atoms with Gasteiger partial charge in [-0.05, 0) is 29.9 Å². The third-order valence-electron chi connectivity index (χ3n) is 4.09. The smallest absolute Gasteiger partial charge is 0.252 e. The quantitative estimate of drug-likeness (QED) is 0.747. The van der Waals surface area contributed by atoms with E-state index in [1.165, 1.54) is 0 Å². The minimum atomic E-state index is -0.652. The second-order valence-electron chi connectivity index (χ2n) is 7.64. The molecule has 0 heterocycles. The number of nitrogens with one attached hydrogen (secondary N) is 2. The predicted molar refractivity (Wildman–Crippen MR) is 95.7 cm³/mol. The van der Waals surface area contributed by atoms with Crippen molar-refractivity contribution in [1.29, 1.82) is 0 Å². The largest absolute Gasteiger partial charge is 0.391 e. The molecule has 1 rings (SSSR count). The Balaban J connectivity index is 2.75. The van der Waals surface area contributed by atoms with Gasteiger partial charge in [-0.2, -0.15) is 0 Å². The van der Waals surface area contributed by atoms with Crippen LogP contribution in [0.4, 0.5) is 0 Å². The zero-order chi connectivity index (χ0) is 18.5. The summed E-state index contributed by atoms with van der Waals surface area (Å²) in [6.07, 6.45) is -0.652. The molecule has 2 unspecified atom stereocenters. The molecule has 1 aromatic carbocycles. The van der Waals surface area contributed by atoms with E-state index in [4.69, 9.17) is 0 Å². The van der Waals surface area contributed by atoms with Crippen molar-refractivity contribution in [2.75, 3.05) is 6.54 Å². The van der Waals surface area contributed by atoms with Crippen LogP contribution in [0.25, 0.3) is 0 Å². The second kappa shape index (κ2) is 8.29. The lowest BCUT2D eigenvalue weighted by atomic mass is 9.89. The fourth-order valence-electron chi connectivity index (χ4n) is 2.20. The monoisotopic (exact) mass is 334 g/mol. The van der Waals surface area contributed by atoms with Gasteiger partial charge < -0.3 is 15.7 Å². The third kappa shape index (κ3) is 5.64. The zero-order valence-electron chi connectivity index (χ0n) is 15.5. The molecule has 0 saturated heterocycles. The number of benzene rings is 1. The van der Waals surface area contributed by atoms with Crippen LogP contribution in [-0.2, 0) is 4.79 Å². The highest BCUT2D eigenvalue weighted by Gasteiger charge is 2.27. The van der Waals surface area contributed by atoms with Crippen molar-refractivity contribution in [1.82, 2.24) is 10.6 Å². The van der Waals surface area contributed by atoms with Crippen LogP contribution in [0.15, 0.2) is 24.3 Å². The lowest BCUT2D eigenvalue weighted by molar-refractivity contribution is -0.124. The summed E-state index contributed by atoms with van der Waals surface area (Å²) < 4.78 is 0. The van der Waals surface area contributed by atoms with Crippen LogP contribution in [-0.4, -0.2) is 35.6 Å². The van der Waals surface area contributed by atoms with Gasteiger partial charge in [-0.3, -0.25) is 9.59 Å². The van der Waals surface area contributed by atoms with Crippen molar-refractivity contribution >= 4 is 11.8 Å². The topological polar surface area (TPSA) is 78.4 Å². The Morgan fingerprint density at radius 2 is 1.75 bits per heavy atom. The van der Waals surface area contributed by atoms with Gasteiger partial charge in [0.05, 0.1) is 6.10 Å². The van der Waals surface area contributed by atoms with Crippen LogP contribution < -0.4 is 10.6 Å². The summed E-state index contributed by atoms with van der Waals surface area (Å²) >= 11 is 0. The molecule has 5 heteroatoms. The van der Waals surface area contributed by atoms with Crippen LogP contribution in [0.1, 0.15) is 50.5 Å². The number of carbonyl (C=O) groups is 2. The van der Waals surface area contributed by atoms with Crippen LogP contribution in [0.2, 0.25) is 0 Å². The number of aliphatic hydroxyl groups is 1. The molecule has 0 aliphatic carbocycles. The Morgan fingerprint density at radius 3 is 2.25 bits per heavy atom. The average molecular weight is 334 g/mol. The van der Waals surface area contributed by atoms with Gasteiger partial charge in [0.15, 0.2) is 0 Å². The van der Waals surface area contributed by atoms with Crippen molar-refractivity contribution in [2.24, 2.45) is 11.3 Å². The summed E-state index contributed by atoms with van der Waals surface area (Å²) in [5.74, 6) is -0.613. The van der Waals surface area contributed by atoms with E-state index in [-0.39, 0.29) is 29.7 Å². The molecule has 0 aromatic heterocycles. The summed E-state index contributed by atoms with van der Waals surface area (Å²) in [5, 5.41) is 15.6. The number of amides is 2. The molecule has 0 aliphatic rings. The maximum absolute atomic E-state index is 12.4. The molecule has 1 aromatic rings. The standard InChI is InChI=1S/C19H30N2O3/c1-12(2)16(18(24)20-11-15(22)19(4,5)6)21-17(23)14-10-8-7-9-13(14)3/h7-10,12,15-16,22H,11H2,1-6H3,(H,20,24)(H,21,23). The maximum Gasteiger partial charge on any atom is 0.252 e. The predicted octanol–water partition coefficient (Wildman–Crippen LogP) is 2.27. The molecule has 3 N–H and O–H groups in total. The van der Waals surface area contributed by atoms with E-state index in [2.05, 4.69) is 10.6 Å². The first-order valence-electron chi connectivity index (χ1n) is 8.36. The van der Waals surface area contributed by atoms with E-state index in [0.29, 0.717) is 5.56 Å². The molecule has 0 spiro atoms. The summed E-state index contributed by atoms with van der Waals surface area (Å²) in [6, 6.07) is 6.62. The molecular formula is C19H30N2O3. The van der Waals surface area contributed by atoms with Crippen LogP contribution >= 0.6 is 0 Å². The minimum Gasteiger partial charge on any atom is -0.391 e. The molecule has 5 nitrogen and oxygen atoms in total. The van der Waals surface area contributed by atoms with E-state index < -0.39 is 12.1 Å². The first-order valence-corrected chi connectivity index (χ1v) is 8.36. The summed E-state index contributed by atoms with van der Waals surface area (Å²) in [5.41, 5.74) is 1.11. The minimum absolute atomic E-state index is 0.0650. The Morgan fingerprint density at radius 1 is 1.17 bits per heavy atom. The van der Waals surface area contributed by atoms with Gasteiger partial charge in [0, 0.05) is 12.1 Å². The van der Waals surface area contributed by atoms with Gasteiger partial charge >= 0.3 is 0 Å². The highest BCUT2D eigenvalue weighted by atomic mass is 16.3. The molecule has 134 valence electrons. The van der Waals surface area contributed by atoms with E-state index >= 15 is 0 Å². The fourth-order valence-corrected chi connectivity index (χ4v) is 2.20. The van der Waals surface area contributed by atoms with Crippen LogP contribution in [0.3, 0.4) is 0 Å². The maximum atomic E-state index is 12.4. The molecule has 2 atom stereocenters. The van der Waals surface area contributed by atoms with Crippen LogP contribution in [0, 0.1) is 18.3 Å².